The number of aromatic amines is 1. The van der Waals surface area contributed by atoms with Crippen LogP contribution in [-0.4, -0.2) is 39.6 Å². The average Bonchev–Trinajstić information content (AvgIpc) is 2.75. The van der Waals surface area contributed by atoms with Crippen LogP contribution in [-0.2, 0) is 19.5 Å². The predicted molar refractivity (Wildman–Crippen MR) is 115 cm³/mol. The van der Waals surface area contributed by atoms with Crippen molar-refractivity contribution in [1.29, 1.82) is 0 Å². The molecule has 0 saturated carbocycles. The number of aromatic nitrogens is 3. The zero-order chi connectivity index (χ0) is 21.1. The highest BCUT2D eigenvalue weighted by Gasteiger charge is 2.22. The topological polar surface area (TPSA) is 80.3 Å². The van der Waals surface area contributed by atoms with Gasteiger partial charge >= 0.3 is 0 Å². The Kier molecular flexibility index (Phi) is 5.81. The van der Waals surface area contributed by atoms with Gasteiger partial charge in [0, 0.05) is 44.0 Å². The van der Waals surface area contributed by atoms with E-state index in [4.69, 9.17) is 14.5 Å². The first-order valence-electron chi connectivity index (χ1n) is 10.1. The van der Waals surface area contributed by atoms with Crippen molar-refractivity contribution in [3.8, 4) is 22.9 Å². The molecule has 3 aromatic rings. The number of fused-ring (bicyclic) bond motifs is 1. The van der Waals surface area contributed by atoms with Crippen LogP contribution in [0.5, 0.6) is 11.5 Å². The van der Waals surface area contributed by atoms with Crippen molar-refractivity contribution in [3.05, 3.63) is 69.9 Å². The molecule has 1 N–H and O–H groups in total. The molecule has 0 spiro atoms. The van der Waals surface area contributed by atoms with Crippen molar-refractivity contribution in [2.45, 2.75) is 39.5 Å². The van der Waals surface area contributed by atoms with Crippen LogP contribution in [0.25, 0.3) is 11.4 Å². The standard InChI is InChI=1S/C23H26N4O3/c1-15(2)30-20-7-6-16(11-21(20)29-3)13-27-10-8-19-18(14-27)23(28)26-22(25-19)17-5-4-9-24-12-17/h4-7,9,11-12,15H,8,10,13-14H2,1-3H3,(H,25,26,28). The fourth-order valence-corrected chi connectivity index (χ4v) is 3.68. The summed E-state index contributed by atoms with van der Waals surface area (Å²) < 4.78 is 11.3. The van der Waals surface area contributed by atoms with Crippen LogP contribution in [0.1, 0.15) is 30.7 Å². The third-order valence-corrected chi connectivity index (χ3v) is 5.08. The molecule has 7 heteroatoms. The maximum Gasteiger partial charge on any atom is 0.255 e. The summed E-state index contributed by atoms with van der Waals surface area (Å²) in [6, 6.07) is 9.72. The van der Waals surface area contributed by atoms with E-state index in [0.717, 1.165) is 53.4 Å². The summed E-state index contributed by atoms with van der Waals surface area (Å²) in [6.45, 7) is 6.11. The number of benzene rings is 1. The second-order valence-corrected chi connectivity index (χ2v) is 7.69. The van der Waals surface area contributed by atoms with Crippen LogP contribution < -0.4 is 15.0 Å². The summed E-state index contributed by atoms with van der Waals surface area (Å²) >= 11 is 0. The van der Waals surface area contributed by atoms with Gasteiger partial charge in [-0.1, -0.05) is 6.07 Å². The largest absolute Gasteiger partial charge is 0.493 e. The Morgan fingerprint density at radius 3 is 2.83 bits per heavy atom. The number of pyridine rings is 1. The van der Waals surface area contributed by atoms with Gasteiger partial charge in [0.1, 0.15) is 5.82 Å². The maximum absolute atomic E-state index is 12.7. The highest BCUT2D eigenvalue weighted by molar-refractivity contribution is 5.53. The number of methoxy groups -OCH3 is 1. The van der Waals surface area contributed by atoms with Crippen LogP contribution in [0, 0.1) is 0 Å². The highest BCUT2D eigenvalue weighted by atomic mass is 16.5. The Morgan fingerprint density at radius 2 is 2.10 bits per heavy atom. The lowest BCUT2D eigenvalue weighted by Crippen LogP contribution is -2.35. The fraction of sp³-hybridized carbons (Fsp3) is 0.348. The van der Waals surface area contributed by atoms with Gasteiger partial charge in [-0.25, -0.2) is 4.98 Å². The highest BCUT2D eigenvalue weighted by Crippen LogP contribution is 2.30. The van der Waals surface area contributed by atoms with Crippen molar-refractivity contribution in [2.24, 2.45) is 0 Å². The normalized spacial score (nSPS) is 13.9. The Morgan fingerprint density at radius 1 is 1.23 bits per heavy atom. The molecule has 3 heterocycles. The molecule has 7 nitrogen and oxygen atoms in total. The van der Waals surface area contributed by atoms with E-state index in [1.165, 1.54) is 0 Å². The molecular weight excluding hydrogens is 380 g/mol. The van der Waals surface area contributed by atoms with Gasteiger partial charge in [0.2, 0.25) is 0 Å². The van der Waals surface area contributed by atoms with E-state index in [9.17, 15) is 4.79 Å². The Bertz CT molecular complexity index is 1080. The average molecular weight is 406 g/mol. The SMILES string of the molecule is COc1cc(CN2CCc3nc(-c4cccnc4)[nH]c(=O)c3C2)ccc1OC(C)C. The molecule has 0 saturated heterocycles. The molecule has 2 aromatic heterocycles. The van der Waals surface area contributed by atoms with E-state index < -0.39 is 0 Å². The van der Waals surface area contributed by atoms with Crippen LogP contribution >= 0.6 is 0 Å². The molecule has 1 aliphatic heterocycles. The van der Waals surface area contributed by atoms with Gasteiger partial charge in [-0.3, -0.25) is 14.7 Å². The zero-order valence-corrected chi connectivity index (χ0v) is 17.5. The summed E-state index contributed by atoms with van der Waals surface area (Å²) in [4.78, 5) is 26.7. The zero-order valence-electron chi connectivity index (χ0n) is 17.5. The van der Waals surface area contributed by atoms with Crippen molar-refractivity contribution in [2.75, 3.05) is 13.7 Å². The second kappa shape index (κ2) is 8.67. The van der Waals surface area contributed by atoms with Gasteiger partial charge < -0.3 is 14.5 Å². The Hall–Kier alpha value is -3.19. The molecule has 0 unspecified atom stereocenters. The number of hydrogen-bond acceptors (Lipinski definition) is 6. The van der Waals surface area contributed by atoms with Crippen molar-refractivity contribution in [1.82, 2.24) is 19.9 Å². The Labute approximate surface area is 175 Å². The minimum absolute atomic E-state index is 0.0817. The first kappa shape index (κ1) is 20.1. The first-order chi connectivity index (χ1) is 14.5. The third kappa shape index (κ3) is 4.36. The Balaban J connectivity index is 1.52. The second-order valence-electron chi connectivity index (χ2n) is 7.69. The lowest BCUT2D eigenvalue weighted by atomic mass is 10.1. The van der Waals surface area contributed by atoms with Gasteiger partial charge in [0.15, 0.2) is 11.5 Å². The lowest BCUT2D eigenvalue weighted by molar-refractivity contribution is 0.228. The predicted octanol–water partition coefficient (Wildman–Crippen LogP) is 3.19. The van der Waals surface area contributed by atoms with E-state index >= 15 is 0 Å². The molecule has 1 aliphatic rings. The molecule has 4 rings (SSSR count). The lowest BCUT2D eigenvalue weighted by Gasteiger charge is -2.28. The summed E-state index contributed by atoms with van der Waals surface area (Å²) in [5, 5.41) is 0. The van der Waals surface area contributed by atoms with Gasteiger partial charge in [-0.05, 0) is 43.7 Å². The smallest absolute Gasteiger partial charge is 0.255 e. The number of H-pyrrole nitrogens is 1. The molecule has 0 bridgehead atoms. The van der Waals surface area contributed by atoms with Crippen molar-refractivity contribution in [3.63, 3.8) is 0 Å². The minimum atomic E-state index is -0.0817. The summed E-state index contributed by atoms with van der Waals surface area (Å²) in [5.41, 5.74) is 3.45. The maximum atomic E-state index is 12.7. The molecule has 0 aliphatic carbocycles. The van der Waals surface area contributed by atoms with E-state index in [-0.39, 0.29) is 11.7 Å². The molecule has 0 fully saturated rings. The van der Waals surface area contributed by atoms with Gasteiger partial charge in [0.25, 0.3) is 5.56 Å². The number of hydrogen-bond donors (Lipinski definition) is 1. The molecule has 1 aromatic carbocycles. The van der Waals surface area contributed by atoms with E-state index in [1.807, 2.05) is 44.2 Å². The van der Waals surface area contributed by atoms with E-state index in [2.05, 4.69) is 14.9 Å². The van der Waals surface area contributed by atoms with Gasteiger partial charge in [-0.2, -0.15) is 0 Å². The number of nitrogens with zero attached hydrogens (tertiary/aromatic N) is 3. The number of rotatable bonds is 6. The van der Waals surface area contributed by atoms with Crippen LogP contribution in [0.4, 0.5) is 0 Å². The number of ether oxygens (including phenoxy) is 2. The minimum Gasteiger partial charge on any atom is -0.493 e. The molecule has 30 heavy (non-hydrogen) atoms. The molecule has 0 atom stereocenters. The third-order valence-electron chi connectivity index (χ3n) is 5.08. The van der Waals surface area contributed by atoms with Crippen LogP contribution in [0.3, 0.4) is 0 Å². The van der Waals surface area contributed by atoms with Gasteiger partial charge in [-0.15, -0.1) is 0 Å². The first-order valence-corrected chi connectivity index (χ1v) is 10.1. The summed E-state index contributed by atoms with van der Waals surface area (Å²) in [6.07, 6.45) is 4.23. The summed E-state index contributed by atoms with van der Waals surface area (Å²) in [7, 11) is 1.65. The molecule has 156 valence electrons. The quantitative estimate of drug-likeness (QED) is 0.677. The number of nitrogens with one attached hydrogen (secondary N) is 1. The van der Waals surface area contributed by atoms with E-state index in [1.54, 1.807) is 19.5 Å². The van der Waals surface area contributed by atoms with Gasteiger partial charge in [0.05, 0.1) is 24.5 Å². The van der Waals surface area contributed by atoms with Crippen molar-refractivity contribution >= 4 is 0 Å². The monoisotopic (exact) mass is 406 g/mol. The molecule has 0 amide bonds. The fourth-order valence-electron chi connectivity index (χ4n) is 3.68. The summed E-state index contributed by atoms with van der Waals surface area (Å²) in [5.74, 6) is 2.04. The molecular formula is C23H26N4O3. The van der Waals surface area contributed by atoms with E-state index in [0.29, 0.717) is 12.4 Å². The van der Waals surface area contributed by atoms with Crippen molar-refractivity contribution < 1.29 is 9.47 Å². The van der Waals surface area contributed by atoms with Crippen LogP contribution in [0.2, 0.25) is 0 Å². The van der Waals surface area contributed by atoms with Crippen LogP contribution in [0.15, 0.2) is 47.5 Å². The molecule has 0 radical (unpaired) electrons.